The molecule has 1 amide bonds. The third kappa shape index (κ3) is 3.10. The summed E-state index contributed by atoms with van der Waals surface area (Å²) in [7, 11) is 1.73. The standard InChI is InChI=1S/C15H16F2N4O2/c1-9-5-14(20(2)19-9)18-15(22)8-21-3-4-23-13-7-11(17)10(16)6-12(13)21/h5-7H,3-4,8H2,1-2H3,(H,18,22). The lowest BCUT2D eigenvalue weighted by Gasteiger charge is -2.30. The van der Waals surface area contributed by atoms with Crippen LogP contribution in [0.2, 0.25) is 0 Å². The zero-order chi connectivity index (χ0) is 16.6. The number of nitrogens with one attached hydrogen (secondary N) is 1. The minimum absolute atomic E-state index is 0.00562. The fourth-order valence-corrected chi connectivity index (χ4v) is 2.51. The molecule has 1 aromatic heterocycles. The van der Waals surface area contributed by atoms with Gasteiger partial charge < -0.3 is 15.0 Å². The van der Waals surface area contributed by atoms with Crippen molar-refractivity contribution in [2.45, 2.75) is 6.92 Å². The third-order valence-electron chi connectivity index (χ3n) is 3.57. The van der Waals surface area contributed by atoms with E-state index in [2.05, 4.69) is 10.4 Å². The number of halogens is 2. The van der Waals surface area contributed by atoms with Gasteiger partial charge in [0.1, 0.15) is 18.2 Å². The number of fused-ring (bicyclic) bond motifs is 1. The molecule has 0 saturated heterocycles. The smallest absolute Gasteiger partial charge is 0.245 e. The summed E-state index contributed by atoms with van der Waals surface area (Å²) in [5, 5.41) is 6.89. The van der Waals surface area contributed by atoms with Gasteiger partial charge in [-0.1, -0.05) is 0 Å². The Balaban J connectivity index is 1.75. The fraction of sp³-hybridized carbons (Fsp3) is 0.333. The molecule has 0 aliphatic carbocycles. The molecule has 0 bridgehead atoms. The van der Waals surface area contributed by atoms with Crippen LogP contribution >= 0.6 is 0 Å². The van der Waals surface area contributed by atoms with Crippen LogP contribution in [0.4, 0.5) is 20.3 Å². The summed E-state index contributed by atoms with van der Waals surface area (Å²) in [6, 6.07) is 3.80. The predicted octanol–water partition coefficient (Wildman–Crippen LogP) is 1.84. The first-order valence-electron chi connectivity index (χ1n) is 7.11. The molecule has 2 heterocycles. The molecule has 1 aromatic carbocycles. The predicted molar refractivity (Wildman–Crippen MR) is 80.6 cm³/mol. The normalized spacial score (nSPS) is 13.5. The molecule has 3 rings (SSSR count). The van der Waals surface area contributed by atoms with Crippen LogP contribution in [-0.2, 0) is 11.8 Å². The summed E-state index contributed by atoms with van der Waals surface area (Å²) in [5.41, 5.74) is 1.16. The fourth-order valence-electron chi connectivity index (χ4n) is 2.51. The van der Waals surface area contributed by atoms with Crippen molar-refractivity contribution in [1.82, 2.24) is 9.78 Å². The lowest BCUT2D eigenvalue weighted by molar-refractivity contribution is -0.115. The van der Waals surface area contributed by atoms with Crippen molar-refractivity contribution in [2.24, 2.45) is 7.05 Å². The molecule has 1 aliphatic heterocycles. The van der Waals surface area contributed by atoms with E-state index in [4.69, 9.17) is 4.74 Å². The Labute approximate surface area is 131 Å². The van der Waals surface area contributed by atoms with Gasteiger partial charge in [0.25, 0.3) is 0 Å². The molecule has 0 fully saturated rings. The highest BCUT2D eigenvalue weighted by atomic mass is 19.2. The summed E-state index contributed by atoms with van der Waals surface area (Å²) in [4.78, 5) is 13.9. The Kier molecular flexibility index (Phi) is 3.89. The number of aromatic nitrogens is 2. The van der Waals surface area contributed by atoms with Gasteiger partial charge in [0.15, 0.2) is 11.6 Å². The first kappa shape index (κ1) is 15.3. The molecule has 0 unspecified atom stereocenters. The molecule has 0 saturated carbocycles. The van der Waals surface area contributed by atoms with Crippen LogP contribution in [0, 0.1) is 18.6 Å². The second-order valence-corrected chi connectivity index (χ2v) is 5.35. The highest BCUT2D eigenvalue weighted by Gasteiger charge is 2.23. The Bertz CT molecular complexity index is 760. The first-order valence-corrected chi connectivity index (χ1v) is 7.11. The van der Waals surface area contributed by atoms with Gasteiger partial charge in [0.05, 0.1) is 24.5 Å². The number of rotatable bonds is 3. The van der Waals surface area contributed by atoms with E-state index in [9.17, 15) is 13.6 Å². The number of amides is 1. The van der Waals surface area contributed by atoms with E-state index in [-0.39, 0.29) is 18.2 Å². The molecule has 1 N–H and O–H groups in total. The highest BCUT2D eigenvalue weighted by Crippen LogP contribution is 2.33. The summed E-state index contributed by atoms with van der Waals surface area (Å²) in [5.74, 6) is -1.40. The number of nitrogens with zero attached hydrogens (tertiary/aromatic N) is 3. The lowest BCUT2D eigenvalue weighted by atomic mass is 10.2. The summed E-state index contributed by atoms with van der Waals surface area (Å²) >= 11 is 0. The van der Waals surface area contributed by atoms with E-state index in [0.717, 1.165) is 17.8 Å². The van der Waals surface area contributed by atoms with Crippen LogP contribution in [0.15, 0.2) is 18.2 Å². The largest absolute Gasteiger partial charge is 0.489 e. The van der Waals surface area contributed by atoms with Gasteiger partial charge in [-0.15, -0.1) is 0 Å². The molecule has 2 aromatic rings. The number of hydrogen-bond acceptors (Lipinski definition) is 4. The van der Waals surface area contributed by atoms with Gasteiger partial charge >= 0.3 is 0 Å². The quantitative estimate of drug-likeness (QED) is 0.937. The van der Waals surface area contributed by atoms with Gasteiger partial charge in [-0.2, -0.15) is 5.10 Å². The number of ether oxygens (including phenoxy) is 1. The molecular formula is C15H16F2N4O2. The second kappa shape index (κ2) is 5.86. The monoisotopic (exact) mass is 322 g/mol. The minimum Gasteiger partial charge on any atom is -0.489 e. The van der Waals surface area contributed by atoms with Crippen molar-refractivity contribution in [2.75, 3.05) is 29.9 Å². The van der Waals surface area contributed by atoms with Crippen LogP contribution in [0.25, 0.3) is 0 Å². The van der Waals surface area contributed by atoms with Crippen LogP contribution in [-0.4, -0.2) is 35.4 Å². The van der Waals surface area contributed by atoms with E-state index in [1.807, 2.05) is 6.92 Å². The Morgan fingerprint density at radius 2 is 2.09 bits per heavy atom. The Hall–Kier alpha value is -2.64. The van der Waals surface area contributed by atoms with Crippen molar-refractivity contribution < 1.29 is 18.3 Å². The SMILES string of the molecule is Cc1cc(NC(=O)CN2CCOc3cc(F)c(F)cc32)n(C)n1. The number of benzene rings is 1. The van der Waals surface area contributed by atoms with Crippen molar-refractivity contribution >= 4 is 17.4 Å². The molecule has 0 spiro atoms. The third-order valence-corrected chi connectivity index (χ3v) is 3.57. The molecule has 1 aliphatic rings. The number of aryl methyl sites for hydroxylation is 2. The Morgan fingerprint density at radius 3 is 2.78 bits per heavy atom. The average molecular weight is 322 g/mol. The molecule has 0 radical (unpaired) electrons. The molecule has 23 heavy (non-hydrogen) atoms. The zero-order valence-corrected chi connectivity index (χ0v) is 12.8. The van der Waals surface area contributed by atoms with Crippen LogP contribution in [0.3, 0.4) is 0 Å². The Morgan fingerprint density at radius 1 is 1.35 bits per heavy atom. The van der Waals surface area contributed by atoms with Crippen LogP contribution in [0.1, 0.15) is 5.69 Å². The molecule has 0 atom stereocenters. The van der Waals surface area contributed by atoms with Gasteiger partial charge in [-0.3, -0.25) is 9.48 Å². The van der Waals surface area contributed by atoms with E-state index in [0.29, 0.717) is 24.7 Å². The summed E-state index contributed by atoms with van der Waals surface area (Å²) in [6.45, 7) is 2.54. The van der Waals surface area contributed by atoms with Crippen molar-refractivity contribution in [3.8, 4) is 5.75 Å². The topological polar surface area (TPSA) is 59.4 Å². The maximum Gasteiger partial charge on any atom is 0.245 e. The molecule has 122 valence electrons. The van der Waals surface area contributed by atoms with Crippen LogP contribution in [0.5, 0.6) is 5.75 Å². The number of anilines is 2. The van der Waals surface area contributed by atoms with Crippen molar-refractivity contribution in [1.29, 1.82) is 0 Å². The van der Waals surface area contributed by atoms with Crippen molar-refractivity contribution in [3.05, 3.63) is 35.5 Å². The molecule has 6 nitrogen and oxygen atoms in total. The molecular weight excluding hydrogens is 306 g/mol. The van der Waals surface area contributed by atoms with Gasteiger partial charge in [-0.05, 0) is 6.92 Å². The zero-order valence-electron chi connectivity index (χ0n) is 12.8. The minimum atomic E-state index is -0.972. The van der Waals surface area contributed by atoms with Gasteiger partial charge in [-0.25, -0.2) is 8.78 Å². The van der Waals surface area contributed by atoms with Crippen molar-refractivity contribution in [3.63, 3.8) is 0 Å². The lowest BCUT2D eigenvalue weighted by Crippen LogP contribution is -2.39. The van der Waals surface area contributed by atoms with E-state index >= 15 is 0 Å². The van der Waals surface area contributed by atoms with Gasteiger partial charge in [0.2, 0.25) is 5.91 Å². The van der Waals surface area contributed by atoms with E-state index < -0.39 is 11.6 Å². The average Bonchev–Trinajstić information content (AvgIpc) is 2.79. The second-order valence-electron chi connectivity index (χ2n) is 5.35. The number of carbonyl (C=O) groups excluding carboxylic acids is 1. The molecule has 8 heteroatoms. The summed E-state index contributed by atoms with van der Waals surface area (Å²) < 4.78 is 33.6. The highest BCUT2D eigenvalue weighted by molar-refractivity contribution is 5.93. The maximum absolute atomic E-state index is 13.5. The number of hydrogen-bond donors (Lipinski definition) is 1. The number of carbonyl (C=O) groups is 1. The maximum atomic E-state index is 13.5. The van der Waals surface area contributed by atoms with Gasteiger partial charge in [0, 0.05) is 25.2 Å². The van der Waals surface area contributed by atoms with E-state index in [1.165, 1.54) is 0 Å². The van der Waals surface area contributed by atoms with Crippen LogP contribution < -0.4 is 15.0 Å². The summed E-state index contributed by atoms with van der Waals surface area (Å²) in [6.07, 6.45) is 0. The first-order chi connectivity index (χ1) is 10.9. The van der Waals surface area contributed by atoms with E-state index in [1.54, 1.807) is 22.7 Å².